The maximum Gasteiger partial charge on any atom is 0.116 e. The standard InChI is InChI=1S/C11H21N3/c1-3-13-11(2,9-12)10-14-7-5-4-6-8-14/h13H,3-8,10H2,1-2H3. The maximum atomic E-state index is 9.11. The molecule has 14 heavy (non-hydrogen) atoms. The maximum absolute atomic E-state index is 9.11. The van der Waals surface area contributed by atoms with Gasteiger partial charge in [0.05, 0.1) is 6.07 Å². The molecule has 1 aliphatic heterocycles. The minimum absolute atomic E-state index is 0.369. The van der Waals surface area contributed by atoms with E-state index in [0.29, 0.717) is 0 Å². The first-order chi connectivity index (χ1) is 6.70. The Balaban J connectivity index is 2.42. The third kappa shape index (κ3) is 3.28. The quantitative estimate of drug-likeness (QED) is 0.736. The minimum Gasteiger partial charge on any atom is -0.300 e. The van der Waals surface area contributed by atoms with E-state index >= 15 is 0 Å². The van der Waals surface area contributed by atoms with Crippen LogP contribution >= 0.6 is 0 Å². The highest BCUT2D eigenvalue weighted by molar-refractivity contribution is 5.05. The van der Waals surface area contributed by atoms with Gasteiger partial charge >= 0.3 is 0 Å². The van der Waals surface area contributed by atoms with Crippen molar-refractivity contribution in [2.75, 3.05) is 26.2 Å². The van der Waals surface area contributed by atoms with Gasteiger partial charge in [-0.3, -0.25) is 5.32 Å². The van der Waals surface area contributed by atoms with Crippen LogP contribution in [0.15, 0.2) is 0 Å². The molecule has 3 nitrogen and oxygen atoms in total. The molecule has 0 saturated carbocycles. The number of likely N-dealkylation sites (N-methyl/N-ethyl adjacent to an activating group) is 1. The predicted molar refractivity (Wildman–Crippen MR) is 58.0 cm³/mol. The molecule has 0 aromatic heterocycles. The first-order valence-electron chi connectivity index (χ1n) is 5.59. The lowest BCUT2D eigenvalue weighted by atomic mass is 10.0. The zero-order chi connectivity index (χ0) is 10.4. The molecule has 1 atom stereocenters. The Labute approximate surface area is 87.1 Å². The molecule has 1 aliphatic rings. The molecule has 0 aliphatic carbocycles. The van der Waals surface area contributed by atoms with E-state index < -0.39 is 0 Å². The highest BCUT2D eigenvalue weighted by Gasteiger charge is 2.26. The van der Waals surface area contributed by atoms with Gasteiger partial charge in [-0.05, 0) is 39.4 Å². The van der Waals surface area contributed by atoms with Crippen LogP contribution in [0.4, 0.5) is 0 Å². The van der Waals surface area contributed by atoms with Crippen molar-refractivity contribution in [1.82, 2.24) is 10.2 Å². The van der Waals surface area contributed by atoms with E-state index in [1.165, 1.54) is 19.3 Å². The zero-order valence-corrected chi connectivity index (χ0v) is 9.34. The molecular formula is C11H21N3. The van der Waals surface area contributed by atoms with Gasteiger partial charge < -0.3 is 4.90 Å². The fraction of sp³-hybridized carbons (Fsp3) is 0.909. The number of nitriles is 1. The smallest absolute Gasteiger partial charge is 0.116 e. The number of piperidine rings is 1. The fourth-order valence-electron chi connectivity index (χ4n) is 2.09. The minimum atomic E-state index is -0.369. The van der Waals surface area contributed by atoms with Crippen molar-refractivity contribution in [2.45, 2.75) is 38.6 Å². The summed E-state index contributed by atoms with van der Waals surface area (Å²) in [6, 6.07) is 2.37. The fourth-order valence-corrected chi connectivity index (χ4v) is 2.09. The lowest BCUT2D eigenvalue weighted by Gasteiger charge is -2.33. The summed E-state index contributed by atoms with van der Waals surface area (Å²) < 4.78 is 0. The van der Waals surface area contributed by atoms with Crippen LogP contribution in [0.1, 0.15) is 33.1 Å². The van der Waals surface area contributed by atoms with E-state index in [1.54, 1.807) is 0 Å². The SMILES string of the molecule is CCNC(C)(C#N)CN1CCCCC1. The van der Waals surface area contributed by atoms with Crippen molar-refractivity contribution in [3.05, 3.63) is 0 Å². The number of nitrogens with zero attached hydrogens (tertiary/aromatic N) is 2. The van der Waals surface area contributed by atoms with Gasteiger partial charge in [-0.25, -0.2) is 0 Å². The summed E-state index contributed by atoms with van der Waals surface area (Å²) >= 11 is 0. The van der Waals surface area contributed by atoms with Crippen LogP contribution in [-0.2, 0) is 0 Å². The predicted octanol–water partition coefficient (Wildman–Crippen LogP) is 1.36. The highest BCUT2D eigenvalue weighted by atomic mass is 15.2. The number of hydrogen-bond donors (Lipinski definition) is 1. The van der Waals surface area contributed by atoms with Crippen molar-refractivity contribution in [1.29, 1.82) is 5.26 Å². The lowest BCUT2D eigenvalue weighted by molar-refractivity contribution is 0.189. The molecule has 0 bridgehead atoms. The number of hydrogen-bond acceptors (Lipinski definition) is 3. The Kier molecular flexibility index (Phi) is 4.37. The van der Waals surface area contributed by atoms with Crippen molar-refractivity contribution >= 4 is 0 Å². The van der Waals surface area contributed by atoms with Gasteiger partial charge in [-0.1, -0.05) is 13.3 Å². The van der Waals surface area contributed by atoms with Gasteiger partial charge in [0, 0.05) is 6.54 Å². The molecule has 1 saturated heterocycles. The molecule has 1 heterocycles. The number of rotatable bonds is 4. The molecule has 1 N–H and O–H groups in total. The number of likely N-dealkylation sites (tertiary alicyclic amines) is 1. The van der Waals surface area contributed by atoms with Crippen LogP contribution in [0.3, 0.4) is 0 Å². The topological polar surface area (TPSA) is 39.1 Å². The average Bonchev–Trinajstić information content (AvgIpc) is 2.20. The van der Waals surface area contributed by atoms with Crippen molar-refractivity contribution in [3.63, 3.8) is 0 Å². The largest absolute Gasteiger partial charge is 0.300 e. The summed E-state index contributed by atoms with van der Waals surface area (Å²) in [5, 5.41) is 12.4. The van der Waals surface area contributed by atoms with Crippen LogP contribution in [0, 0.1) is 11.3 Å². The third-order valence-corrected chi connectivity index (χ3v) is 2.80. The first-order valence-corrected chi connectivity index (χ1v) is 5.59. The Bertz CT molecular complexity index is 203. The summed E-state index contributed by atoms with van der Waals surface area (Å²) in [5.74, 6) is 0. The average molecular weight is 195 g/mol. The molecule has 0 radical (unpaired) electrons. The van der Waals surface area contributed by atoms with E-state index in [1.807, 2.05) is 13.8 Å². The molecule has 0 spiro atoms. The van der Waals surface area contributed by atoms with Crippen molar-refractivity contribution < 1.29 is 0 Å². The van der Waals surface area contributed by atoms with E-state index in [0.717, 1.165) is 26.2 Å². The van der Waals surface area contributed by atoms with Crippen LogP contribution in [-0.4, -0.2) is 36.6 Å². The van der Waals surface area contributed by atoms with Gasteiger partial charge in [0.1, 0.15) is 5.54 Å². The summed E-state index contributed by atoms with van der Waals surface area (Å²) in [6.07, 6.45) is 3.92. The lowest BCUT2D eigenvalue weighted by Crippen LogP contribution is -2.51. The normalized spacial score (nSPS) is 22.6. The number of nitrogens with one attached hydrogen (secondary N) is 1. The van der Waals surface area contributed by atoms with Crippen LogP contribution in [0.2, 0.25) is 0 Å². The molecule has 0 amide bonds. The molecule has 80 valence electrons. The Hall–Kier alpha value is -0.590. The van der Waals surface area contributed by atoms with Gasteiger partial charge in [-0.2, -0.15) is 5.26 Å². The second kappa shape index (κ2) is 5.33. The van der Waals surface area contributed by atoms with Gasteiger partial charge in [0.15, 0.2) is 0 Å². The molecule has 1 fully saturated rings. The first kappa shape index (κ1) is 11.5. The molecule has 3 heteroatoms. The summed E-state index contributed by atoms with van der Waals surface area (Å²) in [6.45, 7) is 8.07. The highest BCUT2D eigenvalue weighted by Crippen LogP contribution is 2.12. The molecular weight excluding hydrogens is 174 g/mol. The van der Waals surface area contributed by atoms with Crippen molar-refractivity contribution in [2.24, 2.45) is 0 Å². The van der Waals surface area contributed by atoms with E-state index in [-0.39, 0.29) is 5.54 Å². The second-order valence-electron chi connectivity index (χ2n) is 4.31. The molecule has 0 aromatic rings. The zero-order valence-electron chi connectivity index (χ0n) is 9.34. The van der Waals surface area contributed by atoms with Crippen LogP contribution < -0.4 is 5.32 Å². The van der Waals surface area contributed by atoms with E-state index in [2.05, 4.69) is 16.3 Å². The van der Waals surface area contributed by atoms with Crippen LogP contribution in [0.25, 0.3) is 0 Å². The molecule has 1 rings (SSSR count). The van der Waals surface area contributed by atoms with E-state index in [9.17, 15) is 0 Å². The summed E-state index contributed by atoms with van der Waals surface area (Å²) in [7, 11) is 0. The third-order valence-electron chi connectivity index (χ3n) is 2.80. The summed E-state index contributed by atoms with van der Waals surface area (Å²) in [5.41, 5.74) is -0.369. The monoisotopic (exact) mass is 195 g/mol. The Morgan fingerprint density at radius 1 is 1.36 bits per heavy atom. The van der Waals surface area contributed by atoms with Crippen LogP contribution in [0.5, 0.6) is 0 Å². The Morgan fingerprint density at radius 2 is 2.00 bits per heavy atom. The molecule has 0 aromatic carbocycles. The van der Waals surface area contributed by atoms with Gasteiger partial charge in [0.25, 0.3) is 0 Å². The Morgan fingerprint density at radius 3 is 2.50 bits per heavy atom. The van der Waals surface area contributed by atoms with Gasteiger partial charge in [-0.15, -0.1) is 0 Å². The van der Waals surface area contributed by atoms with Crippen molar-refractivity contribution in [3.8, 4) is 6.07 Å². The summed E-state index contributed by atoms with van der Waals surface area (Å²) in [4.78, 5) is 2.40. The van der Waals surface area contributed by atoms with Gasteiger partial charge in [0.2, 0.25) is 0 Å². The molecule has 1 unspecified atom stereocenters. The second-order valence-corrected chi connectivity index (χ2v) is 4.31. The van der Waals surface area contributed by atoms with E-state index in [4.69, 9.17) is 5.26 Å².